The summed E-state index contributed by atoms with van der Waals surface area (Å²) in [4.78, 5) is 0. The molecule has 0 amide bonds. The molecule has 2 unspecified atom stereocenters. The molecule has 0 saturated carbocycles. The first kappa shape index (κ1) is 19.6. The van der Waals surface area contributed by atoms with Gasteiger partial charge in [-0.2, -0.15) is 8.42 Å². The van der Waals surface area contributed by atoms with Crippen molar-refractivity contribution in [3.8, 4) is 0 Å². The highest BCUT2D eigenvalue weighted by molar-refractivity contribution is 7.84. The second-order valence-corrected chi connectivity index (χ2v) is 7.19. The van der Waals surface area contributed by atoms with Crippen LogP contribution in [0.1, 0.15) is 32.4 Å². The van der Waals surface area contributed by atoms with Gasteiger partial charge in [-0.25, -0.2) is 5.14 Å². The molecule has 1 fully saturated rings. The molecule has 1 aromatic rings. The van der Waals surface area contributed by atoms with Gasteiger partial charge in [-0.15, -0.1) is 0 Å². The molecule has 9 heteroatoms. The Labute approximate surface area is 140 Å². The number of hydrogen-bond donors (Lipinski definition) is 1. The van der Waals surface area contributed by atoms with Gasteiger partial charge < -0.3 is 9.47 Å². The van der Waals surface area contributed by atoms with Crippen molar-refractivity contribution in [1.29, 1.82) is 0 Å². The first-order valence-electron chi connectivity index (χ1n) is 6.34. The quantitative estimate of drug-likeness (QED) is 0.862. The lowest BCUT2D eigenvalue weighted by atomic mass is 10.1. The molecular weight excluding hydrogens is 353 g/mol. The molecule has 1 heterocycles. The van der Waals surface area contributed by atoms with Crippen molar-refractivity contribution in [2.45, 2.75) is 38.8 Å². The van der Waals surface area contributed by atoms with E-state index in [-0.39, 0.29) is 12.2 Å². The summed E-state index contributed by atoms with van der Waals surface area (Å²) in [5.74, 6) is -0.591. The van der Waals surface area contributed by atoms with Gasteiger partial charge in [0.05, 0.1) is 13.2 Å². The van der Waals surface area contributed by atoms with Crippen LogP contribution >= 0.6 is 23.2 Å². The fourth-order valence-corrected chi connectivity index (χ4v) is 2.63. The lowest BCUT2D eigenvalue weighted by Gasteiger charge is -2.18. The van der Waals surface area contributed by atoms with E-state index in [4.69, 9.17) is 32.7 Å². The Morgan fingerprint density at radius 1 is 1.23 bits per heavy atom. The molecule has 22 heavy (non-hydrogen) atoms. The minimum atomic E-state index is -3.66. The first-order valence-corrected chi connectivity index (χ1v) is 8.57. The highest BCUT2D eigenvalue weighted by Gasteiger charge is 2.41. The molecule has 1 aliphatic rings. The van der Waals surface area contributed by atoms with E-state index in [9.17, 15) is 8.42 Å². The third-order valence-corrected chi connectivity index (χ3v) is 3.95. The highest BCUT2D eigenvalue weighted by Crippen LogP contribution is 2.43. The second kappa shape index (κ2) is 7.44. The maximum absolute atomic E-state index is 9.56. The van der Waals surface area contributed by atoms with E-state index < -0.39 is 16.1 Å². The highest BCUT2D eigenvalue weighted by atomic mass is 35.5. The monoisotopic (exact) mass is 371 g/mol. The van der Waals surface area contributed by atoms with E-state index in [1.165, 1.54) is 0 Å². The van der Waals surface area contributed by atoms with E-state index in [0.29, 0.717) is 10.0 Å². The van der Waals surface area contributed by atoms with E-state index in [1.54, 1.807) is 0 Å². The van der Waals surface area contributed by atoms with Crippen LogP contribution in [0.15, 0.2) is 18.2 Å². The van der Waals surface area contributed by atoms with Crippen molar-refractivity contribution in [3.63, 3.8) is 0 Å². The Bertz CT molecular complexity index is 601. The topological polar surface area (TPSA) is 87.8 Å². The van der Waals surface area contributed by atoms with Crippen molar-refractivity contribution in [1.82, 2.24) is 0 Å². The summed E-state index contributed by atoms with van der Waals surface area (Å²) < 4.78 is 34.3. The Morgan fingerprint density at radius 3 is 2.00 bits per heavy atom. The lowest BCUT2D eigenvalue weighted by Crippen LogP contribution is -2.20. The average Bonchev–Trinajstić information content (AvgIpc) is 2.62. The van der Waals surface area contributed by atoms with Crippen molar-refractivity contribution in [3.05, 3.63) is 33.8 Å². The zero-order chi connectivity index (χ0) is 17.1. The van der Waals surface area contributed by atoms with Crippen molar-refractivity contribution in [2.75, 3.05) is 7.11 Å². The van der Waals surface area contributed by atoms with E-state index in [0.717, 1.165) is 12.7 Å². The number of rotatable bonds is 2. The summed E-state index contributed by atoms with van der Waals surface area (Å²) in [6, 6.07) is 5.44. The van der Waals surface area contributed by atoms with Crippen molar-refractivity contribution >= 4 is 33.5 Å². The van der Waals surface area contributed by atoms with Crippen molar-refractivity contribution in [2.24, 2.45) is 5.14 Å². The van der Waals surface area contributed by atoms with Crippen LogP contribution in [-0.2, 0) is 24.0 Å². The number of ether oxygens (including phenoxy) is 2. The molecular formula is C13H19Cl2NO5S. The molecule has 0 radical (unpaired) electrons. The van der Waals surface area contributed by atoms with Crippen LogP contribution in [0.3, 0.4) is 0 Å². The van der Waals surface area contributed by atoms with Gasteiger partial charge >= 0.3 is 10.3 Å². The summed E-state index contributed by atoms with van der Waals surface area (Å²) >= 11 is 12.3. The van der Waals surface area contributed by atoms with Crippen molar-refractivity contribution < 1.29 is 22.1 Å². The molecule has 2 atom stereocenters. The Hall–Kier alpha value is -0.410. The van der Waals surface area contributed by atoms with Gasteiger partial charge in [0.25, 0.3) is 0 Å². The zero-order valence-corrected chi connectivity index (χ0v) is 15.0. The molecule has 126 valence electrons. The molecule has 2 rings (SSSR count). The third-order valence-electron chi connectivity index (χ3n) is 2.82. The van der Waals surface area contributed by atoms with E-state index in [1.807, 2.05) is 39.0 Å². The van der Waals surface area contributed by atoms with Gasteiger partial charge in [0.15, 0.2) is 5.79 Å². The molecule has 1 aromatic carbocycles. The maximum atomic E-state index is 9.56. The van der Waals surface area contributed by atoms with Crippen LogP contribution in [0.5, 0.6) is 0 Å². The molecule has 0 aromatic heterocycles. The van der Waals surface area contributed by atoms with Crippen LogP contribution in [0.2, 0.25) is 10.0 Å². The molecule has 2 N–H and O–H groups in total. The zero-order valence-electron chi connectivity index (χ0n) is 12.7. The summed E-state index contributed by atoms with van der Waals surface area (Å²) in [5.41, 5.74) is 0.809. The molecule has 0 spiro atoms. The van der Waals surface area contributed by atoms with Crippen LogP contribution in [0.4, 0.5) is 0 Å². The van der Waals surface area contributed by atoms with E-state index in [2.05, 4.69) is 9.32 Å². The van der Waals surface area contributed by atoms with E-state index >= 15 is 0 Å². The molecule has 1 saturated heterocycles. The Morgan fingerprint density at radius 2 is 1.68 bits per heavy atom. The molecule has 0 bridgehead atoms. The summed E-state index contributed by atoms with van der Waals surface area (Å²) in [5, 5.41) is 5.52. The van der Waals surface area contributed by atoms with Gasteiger partial charge in [-0.3, -0.25) is 4.18 Å². The van der Waals surface area contributed by atoms with Gasteiger partial charge in [-0.1, -0.05) is 29.3 Å². The van der Waals surface area contributed by atoms with Gasteiger partial charge in [0.2, 0.25) is 0 Å². The molecule has 6 nitrogen and oxygen atoms in total. The van der Waals surface area contributed by atoms with Gasteiger partial charge in [0, 0.05) is 15.6 Å². The van der Waals surface area contributed by atoms with Gasteiger partial charge in [-0.05, 0) is 32.9 Å². The fourth-order valence-electron chi connectivity index (χ4n) is 2.01. The lowest BCUT2D eigenvalue weighted by molar-refractivity contribution is -0.145. The summed E-state index contributed by atoms with van der Waals surface area (Å²) in [6.45, 7) is 5.72. The Kier molecular flexibility index (Phi) is 6.64. The minimum absolute atomic E-state index is 0.0626. The fraction of sp³-hybridized carbons (Fsp3) is 0.538. The van der Waals surface area contributed by atoms with Crippen LogP contribution < -0.4 is 5.14 Å². The predicted octanol–water partition coefficient (Wildman–Crippen LogP) is 3.04. The molecule has 0 aliphatic carbocycles. The first-order chi connectivity index (χ1) is 9.97. The molecule has 1 aliphatic heterocycles. The average molecular weight is 372 g/mol. The number of halogens is 2. The largest absolute Gasteiger partial charge is 0.344 e. The van der Waals surface area contributed by atoms with Crippen LogP contribution in [0.25, 0.3) is 0 Å². The SMILES string of the molecule is CC1OC(C)(C)OC1c1c(Cl)cccc1Cl.COS(N)(=O)=O. The third kappa shape index (κ3) is 5.66. The number of benzene rings is 1. The standard InChI is InChI=1S/C12H14Cl2O2.CH5NO3S/c1-7-11(16-12(2,3)15-7)10-8(13)5-4-6-9(10)14;1-5-6(2,3)4/h4-7,11H,1-3H3;1H3,(H2,2,3,4). The predicted molar refractivity (Wildman–Crippen MR) is 85.0 cm³/mol. The van der Waals surface area contributed by atoms with Gasteiger partial charge in [0.1, 0.15) is 6.10 Å². The second-order valence-electron chi connectivity index (χ2n) is 5.06. The maximum Gasteiger partial charge on any atom is 0.333 e. The minimum Gasteiger partial charge on any atom is -0.344 e. The summed E-state index contributed by atoms with van der Waals surface area (Å²) in [6.07, 6.45) is -0.274. The number of hydrogen-bond acceptors (Lipinski definition) is 5. The van der Waals surface area contributed by atoms with Crippen LogP contribution in [0, 0.1) is 0 Å². The summed E-state index contributed by atoms with van der Waals surface area (Å²) in [7, 11) is -2.67. The van der Waals surface area contributed by atoms with Crippen LogP contribution in [-0.4, -0.2) is 27.4 Å². The smallest absolute Gasteiger partial charge is 0.333 e. The number of nitrogens with two attached hydrogens (primary N) is 1. The normalized spacial score (nSPS) is 23.8. The Balaban J connectivity index is 0.000000346.